The highest BCUT2D eigenvalue weighted by Crippen LogP contribution is 2.26. The van der Waals surface area contributed by atoms with Crippen LogP contribution in [0.25, 0.3) is 0 Å². The molecule has 1 aromatic rings. The lowest BCUT2D eigenvalue weighted by Crippen LogP contribution is -2.18. The molecule has 1 rings (SSSR count). The number of nitrogens with two attached hydrogens (primary N) is 2. The Bertz CT molecular complexity index is 461. The monoisotopic (exact) mass is 238 g/mol. The van der Waals surface area contributed by atoms with Crippen molar-refractivity contribution in [2.75, 3.05) is 11.5 Å². The molecule has 0 aliphatic carbocycles. The van der Waals surface area contributed by atoms with Crippen molar-refractivity contribution >= 4 is 21.5 Å². The maximum atomic E-state index is 11.9. The maximum Gasteiger partial charge on any atom is 0.373 e. The van der Waals surface area contributed by atoms with E-state index in [9.17, 15) is 17.2 Å². The number of rotatable bonds is 3. The number of benzene rings is 1. The van der Waals surface area contributed by atoms with Crippen LogP contribution in [-0.4, -0.2) is 14.2 Å². The van der Waals surface area contributed by atoms with Crippen LogP contribution < -0.4 is 15.7 Å². The first-order chi connectivity index (χ1) is 6.83. The summed E-state index contributed by atoms with van der Waals surface area (Å²) in [5.41, 5.74) is 10.7. The number of anilines is 2. The average molecular weight is 238 g/mol. The molecule has 0 aromatic heterocycles. The van der Waals surface area contributed by atoms with Gasteiger partial charge in [0.2, 0.25) is 0 Å². The van der Waals surface area contributed by atoms with Gasteiger partial charge in [0.25, 0.3) is 0 Å². The Hall–Kier alpha value is -1.57. The third-order valence-electron chi connectivity index (χ3n) is 1.46. The molecule has 0 heterocycles. The Balaban J connectivity index is 3.05. The number of hydrogen-bond acceptors (Lipinski definition) is 5. The summed E-state index contributed by atoms with van der Waals surface area (Å²) >= 11 is 0. The molecule has 0 spiro atoms. The SMILES string of the molecule is Nc1ccc(N)c(OS(=O)(=O)C(F)F)c1. The predicted molar refractivity (Wildman–Crippen MR) is 50.8 cm³/mol. The lowest BCUT2D eigenvalue weighted by atomic mass is 10.3. The van der Waals surface area contributed by atoms with Crippen LogP contribution in [-0.2, 0) is 10.1 Å². The molecule has 0 aliphatic heterocycles. The van der Waals surface area contributed by atoms with Crippen LogP contribution in [0.15, 0.2) is 18.2 Å². The number of hydrogen-bond donors (Lipinski definition) is 2. The van der Waals surface area contributed by atoms with Crippen LogP contribution in [0.5, 0.6) is 5.75 Å². The van der Waals surface area contributed by atoms with Crippen molar-refractivity contribution in [1.82, 2.24) is 0 Å². The van der Waals surface area contributed by atoms with Crippen molar-refractivity contribution in [3.63, 3.8) is 0 Å². The summed E-state index contributed by atoms with van der Waals surface area (Å²) in [6, 6.07) is 3.69. The summed E-state index contributed by atoms with van der Waals surface area (Å²) in [7, 11) is -4.96. The van der Waals surface area contributed by atoms with Crippen LogP contribution in [0.2, 0.25) is 0 Å². The van der Waals surface area contributed by atoms with Gasteiger partial charge in [0, 0.05) is 11.8 Å². The lowest BCUT2D eigenvalue weighted by molar-refractivity contribution is 0.220. The van der Waals surface area contributed by atoms with E-state index >= 15 is 0 Å². The van der Waals surface area contributed by atoms with Gasteiger partial charge in [-0.05, 0) is 12.1 Å². The smallest absolute Gasteiger partial charge is 0.373 e. The van der Waals surface area contributed by atoms with Crippen molar-refractivity contribution in [3.8, 4) is 5.75 Å². The summed E-state index contributed by atoms with van der Waals surface area (Å²) in [5, 5.41) is 0. The fourth-order valence-corrected chi connectivity index (χ4v) is 1.25. The second kappa shape index (κ2) is 3.89. The molecule has 0 unspecified atom stereocenters. The van der Waals surface area contributed by atoms with Gasteiger partial charge in [-0.1, -0.05) is 0 Å². The van der Waals surface area contributed by atoms with Gasteiger partial charge in [0.1, 0.15) is 0 Å². The zero-order valence-corrected chi connectivity index (χ0v) is 8.17. The normalized spacial score (nSPS) is 11.7. The highest BCUT2D eigenvalue weighted by Gasteiger charge is 2.27. The highest BCUT2D eigenvalue weighted by molar-refractivity contribution is 7.87. The summed E-state index contributed by atoms with van der Waals surface area (Å²) in [4.78, 5) is 0. The Kier molecular flexibility index (Phi) is 2.98. The van der Waals surface area contributed by atoms with Crippen molar-refractivity contribution in [3.05, 3.63) is 18.2 Å². The zero-order valence-electron chi connectivity index (χ0n) is 7.35. The molecule has 0 saturated carbocycles. The van der Waals surface area contributed by atoms with Crippen molar-refractivity contribution < 1.29 is 21.4 Å². The molecular formula is C7H8F2N2O3S. The van der Waals surface area contributed by atoms with Crippen LogP contribution in [0, 0.1) is 0 Å². The first-order valence-electron chi connectivity index (χ1n) is 3.69. The Morgan fingerprint density at radius 2 is 1.87 bits per heavy atom. The van der Waals surface area contributed by atoms with Crippen LogP contribution in [0.1, 0.15) is 0 Å². The summed E-state index contributed by atoms with van der Waals surface area (Å²) < 4.78 is 49.4. The molecule has 84 valence electrons. The maximum absolute atomic E-state index is 11.9. The van der Waals surface area contributed by atoms with Gasteiger partial charge in [-0.3, -0.25) is 0 Å². The average Bonchev–Trinajstić information content (AvgIpc) is 2.10. The minimum atomic E-state index is -4.96. The Morgan fingerprint density at radius 3 is 2.40 bits per heavy atom. The molecule has 5 nitrogen and oxygen atoms in total. The number of halogens is 2. The minimum absolute atomic E-state index is 0.0894. The quantitative estimate of drug-likeness (QED) is 0.599. The Labute approximate surface area is 84.8 Å². The van der Waals surface area contributed by atoms with E-state index in [-0.39, 0.29) is 11.4 Å². The van der Waals surface area contributed by atoms with Crippen LogP contribution in [0.3, 0.4) is 0 Å². The van der Waals surface area contributed by atoms with Crippen LogP contribution in [0.4, 0.5) is 20.2 Å². The zero-order chi connectivity index (χ0) is 11.6. The highest BCUT2D eigenvalue weighted by atomic mass is 32.2. The molecule has 15 heavy (non-hydrogen) atoms. The second-order valence-electron chi connectivity index (χ2n) is 2.63. The predicted octanol–water partition coefficient (Wildman–Crippen LogP) is 0.782. The van der Waals surface area contributed by atoms with Gasteiger partial charge in [-0.25, -0.2) is 0 Å². The van der Waals surface area contributed by atoms with Gasteiger partial charge < -0.3 is 15.7 Å². The molecule has 0 saturated heterocycles. The molecule has 4 N–H and O–H groups in total. The molecule has 0 amide bonds. The van der Waals surface area contributed by atoms with Gasteiger partial charge >= 0.3 is 15.9 Å². The number of alkyl halides is 2. The van der Waals surface area contributed by atoms with Gasteiger partial charge in [0.15, 0.2) is 5.75 Å². The Morgan fingerprint density at radius 1 is 1.27 bits per heavy atom. The van der Waals surface area contributed by atoms with E-state index in [1.54, 1.807) is 0 Å². The number of nitrogen functional groups attached to an aromatic ring is 2. The first-order valence-corrected chi connectivity index (χ1v) is 5.16. The van der Waals surface area contributed by atoms with Crippen LogP contribution >= 0.6 is 0 Å². The van der Waals surface area contributed by atoms with E-state index in [1.165, 1.54) is 12.1 Å². The fourth-order valence-electron chi connectivity index (χ4n) is 0.785. The third-order valence-corrected chi connectivity index (χ3v) is 2.31. The van der Waals surface area contributed by atoms with E-state index < -0.39 is 21.6 Å². The van der Waals surface area contributed by atoms with E-state index in [4.69, 9.17) is 11.5 Å². The van der Waals surface area contributed by atoms with E-state index in [2.05, 4.69) is 4.18 Å². The van der Waals surface area contributed by atoms with Gasteiger partial charge in [-0.2, -0.15) is 17.2 Å². The topological polar surface area (TPSA) is 95.4 Å². The first kappa shape index (κ1) is 11.5. The van der Waals surface area contributed by atoms with E-state index in [0.29, 0.717) is 0 Å². The molecule has 0 radical (unpaired) electrons. The van der Waals surface area contributed by atoms with Crippen molar-refractivity contribution in [2.24, 2.45) is 0 Å². The lowest BCUT2D eigenvalue weighted by Gasteiger charge is -2.08. The molecule has 0 aliphatic rings. The van der Waals surface area contributed by atoms with Crippen molar-refractivity contribution in [1.29, 1.82) is 0 Å². The standard InChI is InChI=1S/C7H8F2N2O3S/c8-7(9)15(12,13)14-6-3-4(10)1-2-5(6)11/h1-3,7H,10-11H2. The van der Waals surface area contributed by atoms with E-state index in [0.717, 1.165) is 6.07 Å². The third kappa shape index (κ3) is 2.69. The second-order valence-corrected chi connectivity index (χ2v) is 4.14. The molecular weight excluding hydrogens is 230 g/mol. The minimum Gasteiger partial charge on any atom is -0.399 e. The van der Waals surface area contributed by atoms with Crippen molar-refractivity contribution in [2.45, 2.75) is 5.76 Å². The summed E-state index contributed by atoms with van der Waals surface area (Å²) in [5.74, 6) is -4.03. The van der Waals surface area contributed by atoms with E-state index in [1.807, 2.05) is 0 Å². The fraction of sp³-hybridized carbons (Fsp3) is 0.143. The largest absolute Gasteiger partial charge is 0.399 e. The summed E-state index contributed by atoms with van der Waals surface area (Å²) in [6.45, 7) is 0. The molecule has 0 bridgehead atoms. The molecule has 0 fully saturated rings. The molecule has 8 heteroatoms. The molecule has 0 atom stereocenters. The van der Waals surface area contributed by atoms with Gasteiger partial charge in [0.05, 0.1) is 5.69 Å². The molecule has 1 aromatic carbocycles. The summed E-state index contributed by atoms with van der Waals surface area (Å²) in [6.07, 6.45) is 0. The van der Waals surface area contributed by atoms with Gasteiger partial charge in [-0.15, -0.1) is 0 Å².